The quantitative estimate of drug-likeness (QED) is 0.370. The van der Waals surface area contributed by atoms with E-state index in [1.807, 2.05) is 35.9 Å². The highest BCUT2D eigenvalue weighted by Gasteiger charge is 2.47. The molecular weight excluding hydrogens is 464 g/mol. The van der Waals surface area contributed by atoms with Gasteiger partial charge in [-0.2, -0.15) is 0 Å². The average molecular weight is 489 g/mol. The van der Waals surface area contributed by atoms with Crippen LogP contribution in [0.3, 0.4) is 0 Å². The van der Waals surface area contributed by atoms with Crippen LogP contribution >= 0.6 is 11.6 Å². The SMILES string of the molecule is CCC1(CNc2nc(-c3nc(N)c4c(n3)NC(=O)C4(C)c3ccc(Cl)cc3)cn3ccnc23)CC1. The van der Waals surface area contributed by atoms with E-state index in [9.17, 15) is 4.79 Å². The van der Waals surface area contributed by atoms with Gasteiger partial charge in [0.25, 0.3) is 0 Å². The summed E-state index contributed by atoms with van der Waals surface area (Å²) in [4.78, 5) is 31.6. The van der Waals surface area contributed by atoms with Crippen LogP contribution in [-0.4, -0.2) is 36.8 Å². The topological polar surface area (TPSA) is 123 Å². The van der Waals surface area contributed by atoms with Crippen molar-refractivity contribution in [3.8, 4) is 11.5 Å². The number of halogens is 1. The standard InChI is InChI=1S/C25H25ClN8O/c1-3-25(8-9-25)13-29-21-22-28-10-11-34(22)12-16(30-21)19-31-18(27)17-20(32-19)33-23(35)24(17,2)14-4-6-15(26)7-5-14/h4-7,10-12H,3,8-9,13H2,1-2H3,(H,29,30)(H3,27,31,32,33,35). The molecule has 178 valence electrons. The summed E-state index contributed by atoms with van der Waals surface area (Å²) < 4.78 is 1.89. The van der Waals surface area contributed by atoms with E-state index in [1.165, 1.54) is 12.8 Å². The van der Waals surface area contributed by atoms with Crippen molar-refractivity contribution >= 4 is 40.6 Å². The Morgan fingerprint density at radius 3 is 2.69 bits per heavy atom. The second kappa shape index (κ2) is 7.64. The Morgan fingerprint density at radius 1 is 1.20 bits per heavy atom. The molecular formula is C25H25ClN8O. The maximum Gasteiger partial charge on any atom is 0.240 e. The van der Waals surface area contributed by atoms with E-state index < -0.39 is 5.41 Å². The first-order chi connectivity index (χ1) is 16.8. The summed E-state index contributed by atoms with van der Waals surface area (Å²) in [5, 5.41) is 6.97. The molecule has 35 heavy (non-hydrogen) atoms. The van der Waals surface area contributed by atoms with Crippen LogP contribution in [0.15, 0.2) is 42.9 Å². The number of aromatic nitrogens is 5. The zero-order chi connectivity index (χ0) is 24.4. The average Bonchev–Trinajstić information content (AvgIpc) is 3.38. The predicted octanol–water partition coefficient (Wildman–Crippen LogP) is 4.28. The number of amides is 1. The lowest BCUT2D eigenvalue weighted by Gasteiger charge is -2.23. The number of imidazole rings is 1. The number of hydrogen-bond acceptors (Lipinski definition) is 7. The van der Waals surface area contributed by atoms with Gasteiger partial charge >= 0.3 is 0 Å². The molecule has 2 aliphatic rings. The van der Waals surface area contributed by atoms with Crippen LogP contribution in [0, 0.1) is 5.41 Å². The van der Waals surface area contributed by atoms with Gasteiger partial charge < -0.3 is 20.8 Å². The molecule has 1 unspecified atom stereocenters. The summed E-state index contributed by atoms with van der Waals surface area (Å²) in [6.45, 7) is 4.87. The highest BCUT2D eigenvalue weighted by Crippen LogP contribution is 2.48. The first-order valence-corrected chi connectivity index (χ1v) is 12.0. The molecule has 4 aromatic rings. The maximum atomic E-state index is 13.1. The Morgan fingerprint density at radius 2 is 1.97 bits per heavy atom. The number of carbonyl (C=O) groups is 1. The van der Waals surface area contributed by atoms with Crippen LogP contribution in [0.5, 0.6) is 0 Å². The molecule has 0 saturated heterocycles. The monoisotopic (exact) mass is 488 g/mol. The van der Waals surface area contributed by atoms with Gasteiger partial charge in [0.1, 0.15) is 22.7 Å². The third kappa shape index (κ3) is 3.41. The van der Waals surface area contributed by atoms with Gasteiger partial charge in [0.05, 0.1) is 5.56 Å². The van der Waals surface area contributed by atoms with Gasteiger partial charge in [-0.25, -0.2) is 19.9 Å². The molecule has 0 spiro atoms. The van der Waals surface area contributed by atoms with Crippen molar-refractivity contribution in [2.45, 2.75) is 38.5 Å². The lowest BCUT2D eigenvalue weighted by atomic mass is 9.78. The van der Waals surface area contributed by atoms with E-state index in [0.29, 0.717) is 39.2 Å². The Balaban J connectivity index is 1.42. The van der Waals surface area contributed by atoms with Gasteiger partial charge in [-0.15, -0.1) is 0 Å². The largest absolute Gasteiger partial charge is 0.383 e. The first-order valence-electron chi connectivity index (χ1n) is 11.7. The number of nitrogen functional groups attached to an aromatic ring is 1. The molecule has 3 aromatic heterocycles. The molecule has 4 heterocycles. The number of hydrogen-bond donors (Lipinski definition) is 3. The minimum atomic E-state index is -1.03. The second-order valence-electron chi connectivity index (χ2n) is 9.58. The summed E-state index contributed by atoms with van der Waals surface area (Å²) in [5.41, 5.74) is 8.34. The Labute approximate surface area is 207 Å². The van der Waals surface area contributed by atoms with Crippen molar-refractivity contribution in [2.75, 3.05) is 22.9 Å². The van der Waals surface area contributed by atoms with Gasteiger partial charge in [-0.3, -0.25) is 4.79 Å². The number of nitrogens with one attached hydrogen (secondary N) is 2. The Hall–Kier alpha value is -3.72. The third-order valence-corrected chi connectivity index (χ3v) is 7.74. The molecule has 6 rings (SSSR count). The number of nitrogens with two attached hydrogens (primary N) is 1. The fourth-order valence-electron chi connectivity index (χ4n) is 4.84. The molecule has 9 nitrogen and oxygen atoms in total. The van der Waals surface area contributed by atoms with Gasteiger partial charge in [0.15, 0.2) is 17.3 Å². The molecule has 1 aliphatic carbocycles. The third-order valence-electron chi connectivity index (χ3n) is 7.49. The van der Waals surface area contributed by atoms with Crippen molar-refractivity contribution in [1.29, 1.82) is 0 Å². The predicted molar refractivity (Wildman–Crippen MR) is 135 cm³/mol. The maximum absolute atomic E-state index is 13.1. The molecule has 1 aromatic carbocycles. The molecule has 0 radical (unpaired) electrons. The summed E-state index contributed by atoms with van der Waals surface area (Å²) in [6, 6.07) is 7.14. The number of fused-ring (bicyclic) bond motifs is 2. The Bertz CT molecular complexity index is 1480. The molecule has 1 saturated carbocycles. The summed E-state index contributed by atoms with van der Waals surface area (Å²) in [6.07, 6.45) is 8.97. The molecule has 4 N–H and O–H groups in total. The highest BCUT2D eigenvalue weighted by atomic mass is 35.5. The van der Waals surface area contributed by atoms with Gasteiger partial charge in [0, 0.05) is 30.2 Å². The van der Waals surface area contributed by atoms with Gasteiger partial charge in [-0.05, 0) is 49.3 Å². The van der Waals surface area contributed by atoms with E-state index >= 15 is 0 Å². The zero-order valence-corrected chi connectivity index (χ0v) is 20.2. The molecule has 1 aliphatic heterocycles. The number of carbonyl (C=O) groups excluding carboxylic acids is 1. The summed E-state index contributed by atoms with van der Waals surface area (Å²) in [5.74, 6) is 1.40. The molecule has 1 fully saturated rings. The van der Waals surface area contributed by atoms with E-state index in [4.69, 9.17) is 22.3 Å². The lowest BCUT2D eigenvalue weighted by molar-refractivity contribution is -0.119. The van der Waals surface area contributed by atoms with E-state index in [-0.39, 0.29) is 11.7 Å². The molecule has 10 heteroatoms. The number of rotatable bonds is 6. The van der Waals surface area contributed by atoms with Gasteiger partial charge in [-0.1, -0.05) is 30.7 Å². The van der Waals surface area contributed by atoms with Crippen molar-refractivity contribution in [2.24, 2.45) is 5.41 Å². The van der Waals surface area contributed by atoms with Crippen molar-refractivity contribution in [1.82, 2.24) is 24.3 Å². The van der Waals surface area contributed by atoms with Crippen LogP contribution in [0.4, 0.5) is 17.5 Å². The van der Waals surface area contributed by atoms with Crippen LogP contribution in [0.25, 0.3) is 17.2 Å². The summed E-state index contributed by atoms with van der Waals surface area (Å²) in [7, 11) is 0. The van der Waals surface area contributed by atoms with Crippen LogP contribution in [-0.2, 0) is 10.2 Å². The highest BCUT2D eigenvalue weighted by molar-refractivity contribution is 6.30. The molecule has 1 amide bonds. The van der Waals surface area contributed by atoms with Crippen molar-refractivity contribution in [3.63, 3.8) is 0 Å². The normalized spacial score (nSPS) is 20.0. The van der Waals surface area contributed by atoms with Crippen molar-refractivity contribution < 1.29 is 4.79 Å². The van der Waals surface area contributed by atoms with E-state index in [2.05, 4.69) is 32.5 Å². The second-order valence-corrected chi connectivity index (χ2v) is 10.0. The van der Waals surface area contributed by atoms with Crippen LogP contribution < -0.4 is 16.4 Å². The zero-order valence-electron chi connectivity index (χ0n) is 19.5. The van der Waals surface area contributed by atoms with Crippen molar-refractivity contribution in [3.05, 3.63) is 59.0 Å². The lowest BCUT2D eigenvalue weighted by Crippen LogP contribution is -2.32. The van der Waals surface area contributed by atoms with Gasteiger partial charge in [0.2, 0.25) is 5.91 Å². The fourth-order valence-corrected chi connectivity index (χ4v) is 4.97. The number of nitrogens with zero attached hydrogens (tertiary/aromatic N) is 5. The minimum absolute atomic E-state index is 0.220. The minimum Gasteiger partial charge on any atom is -0.383 e. The number of benzene rings is 1. The number of anilines is 3. The smallest absolute Gasteiger partial charge is 0.240 e. The Kier molecular flexibility index (Phi) is 4.76. The van der Waals surface area contributed by atoms with Crippen LogP contribution in [0.1, 0.15) is 44.2 Å². The molecule has 1 atom stereocenters. The van der Waals surface area contributed by atoms with E-state index in [1.54, 1.807) is 18.3 Å². The fraction of sp³-hybridized carbons (Fsp3) is 0.320. The van der Waals surface area contributed by atoms with Crippen LogP contribution in [0.2, 0.25) is 5.02 Å². The summed E-state index contributed by atoms with van der Waals surface area (Å²) >= 11 is 6.06. The van der Waals surface area contributed by atoms with E-state index in [0.717, 1.165) is 24.2 Å². The first kappa shape index (κ1) is 21.8. The molecule has 0 bridgehead atoms.